The molecule has 2 rings (SSSR count). The number of ketones is 1. The van der Waals surface area contributed by atoms with Gasteiger partial charge in [-0.3, -0.25) is 9.69 Å². The number of piperidine rings is 2. The minimum atomic E-state index is -3.08. The molecule has 2 aliphatic rings. The maximum atomic E-state index is 11.6. The highest BCUT2D eigenvalue weighted by Crippen LogP contribution is 2.32. The fourth-order valence-electron chi connectivity index (χ4n) is 3.15. The number of sulfonamides is 1. The van der Waals surface area contributed by atoms with Crippen LogP contribution in [-0.2, 0) is 14.8 Å². The van der Waals surface area contributed by atoms with E-state index in [-0.39, 0.29) is 0 Å². The number of carbonyl (C=O) groups excluding carboxylic acids is 1. The number of nitrogens with zero attached hydrogens (tertiary/aromatic N) is 1. The van der Waals surface area contributed by atoms with Crippen LogP contribution in [-0.4, -0.2) is 50.5 Å². The summed E-state index contributed by atoms with van der Waals surface area (Å²) in [7, 11) is -3.08. The van der Waals surface area contributed by atoms with Crippen molar-refractivity contribution in [3.8, 4) is 0 Å². The maximum absolute atomic E-state index is 11.6. The van der Waals surface area contributed by atoms with Crippen LogP contribution in [0.4, 0.5) is 0 Å². The number of Topliss-reactive ketones (excluding diaryl/α,β-unsaturated/α-hetero) is 1. The summed E-state index contributed by atoms with van der Waals surface area (Å²) < 4.78 is 24.4. The summed E-state index contributed by atoms with van der Waals surface area (Å²) in [6.45, 7) is 1.38. The van der Waals surface area contributed by atoms with Crippen molar-refractivity contribution in [2.24, 2.45) is 0 Å². The molecule has 0 aromatic heterocycles. The Kier molecular flexibility index (Phi) is 4.40. The number of rotatable bonds is 5. The third-order valence-electron chi connectivity index (χ3n) is 3.90. The Balaban J connectivity index is 1.80. The molecule has 0 radical (unpaired) electrons. The number of hydrogen-bond donors (Lipinski definition) is 1. The van der Waals surface area contributed by atoms with Crippen LogP contribution < -0.4 is 4.72 Å². The van der Waals surface area contributed by atoms with Gasteiger partial charge in [0.15, 0.2) is 0 Å². The number of fused-ring (bicyclic) bond motifs is 2. The van der Waals surface area contributed by atoms with E-state index in [0.29, 0.717) is 37.3 Å². The quantitative estimate of drug-likeness (QED) is 0.742. The second-order valence-corrected chi connectivity index (χ2v) is 7.28. The first kappa shape index (κ1) is 14.0. The third kappa shape index (κ3) is 3.76. The normalized spacial score (nSPS) is 29.5. The molecule has 2 atom stereocenters. The van der Waals surface area contributed by atoms with Crippen molar-refractivity contribution in [3.05, 3.63) is 0 Å². The van der Waals surface area contributed by atoms with Gasteiger partial charge < -0.3 is 0 Å². The number of carbonyl (C=O) groups is 1. The lowest BCUT2D eigenvalue weighted by atomic mass is 9.84. The molecule has 1 N–H and O–H groups in total. The Morgan fingerprint density at radius 3 is 2.44 bits per heavy atom. The highest BCUT2D eigenvalue weighted by molar-refractivity contribution is 7.88. The van der Waals surface area contributed by atoms with Crippen LogP contribution in [0.2, 0.25) is 0 Å². The van der Waals surface area contributed by atoms with Gasteiger partial charge in [0.1, 0.15) is 5.78 Å². The summed E-state index contributed by atoms with van der Waals surface area (Å²) in [6, 6.07) is 0.812. The Hall–Kier alpha value is -0.460. The molecule has 0 aromatic carbocycles. The molecule has 2 fully saturated rings. The Labute approximate surface area is 109 Å². The molecule has 18 heavy (non-hydrogen) atoms. The molecule has 0 aromatic rings. The Morgan fingerprint density at radius 1 is 1.28 bits per heavy atom. The van der Waals surface area contributed by atoms with Gasteiger partial charge >= 0.3 is 0 Å². The molecule has 6 heteroatoms. The fourth-order valence-corrected chi connectivity index (χ4v) is 3.67. The second kappa shape index (κ2) is 5.67. The summed E-state index contributed by atoms with van der Waals surface area (Å²) in [5.41, 5.74) is 0. The van der Waals surface area contributed by atoms with Crippen LogP contribution in [0.25, 0.3) is 0 Å². The minimum absolute atomic E-state index is 0.398. The molecule has 2 bridgehead atoms. The average Bonchev–Trinajstić information content (AvgIpc) is 2.23. The highest BCUT2D eigenvalue weighted by Gasteiger charge is 2.36. The van der Waals surface area contributed by atoms with E-state index < -0.39 is 10.0 Å². The van der Waals surface area contributed by atoms with Gasteiger partial charge in [-0.05, 0) is 25.8 Å². The van der Waals surface area contributed by atoms with E-state index in [4.69, 9.17) is 0 Å². The second-order valence-electron chi connectivity index (χ2n) is 5.44. The lowest BCUT2D eigenvalue weighted by Gasteiger charge is -2.45. The van der Waals surface area contributed by atoms with Crippen molar-refractivity contribution in [2.75, 3.05) is 19.3 Å². The van der Waals surface area contributed by atoms with Crippen molar-refractivity contribution >= 4 is 15.8 Å². The lowest BCUT2D eigenvalue weighted by Crippen LogP contribution is -2.52. The molecule has 0 spiro atoms. The SMILES string of the molecule is CS(=O)(=O)NCCCN1C2CCCC1CC(=O)C2. The molecule has 0 saturated carbocycles. The Bertz CT molecular complexity index is 392. The van der Waals surface area contributed by atoms with E-state index in [0.717, 1.165) is 25.8 Å². The summed E-state index contributed by atoms with van der Waals surface area (Å²) in [4.78, 5) is 14.0. The van der Waals surface area contributed by atoms with Gasteiger partial charge in [-0.1, -0.05) is 6.42 Å². The van der Waals surface area contributed by atoms with Crippen molar-refractivity contribution in [3.63, 3.8) is 0 Å². The predicted octanol–water partition coefficient (Wildman–Crippen LogP) is 0.512. The third-order valence-corrected chi connectivity index (χ3v) is 4.63. The van der Waals surface area contributed by atoms with Crippen LogP contribution >= 0.6 is 0 Å². The zero-order valence-electron chi connectivity index (χ0n) is 10.9. The summed E-state index contributed by atoms with van der Waals surface area (Å²) in [6.07, 6.45) is 6.83. The molecule has 2 unspecified atom stereocenters. The molecule has 104 valence electrons. The largest absolute Gasteiger partial charge is 0.300 e. The van der Waals surface area contributed by atoms with E-state index in [1.807, 2.05) is 0 Å². The van der Waals surface area contributed by atoms with E-state index in [9.17, 15) is 13.2 Å². The molecular weight excluding hydrogens is 252 g/mol. The predicted molar refractivity (Wildman–Crippen MR) is 69.8 cm³/mol. The fraction of sp³-hybridized carbons (Fsp3) is 0.917. The molecule has 2 saturated heterocycles. The summed E-state index contributed by atoms with van der Waals surface area (Å²) in [5, 5.41) is 0. The van der Waals surface area contributed by atoms with Crippen molar-refractivity contribution in [1.29, 1.82) is 0 Å². The van der Waals surface area contributed by atoms with Gasteiger partial charge in [-0.25, -0.2) is 13.1 Å². The standard InChI is InChI=1S/C12H22N2O3S/c1-18(16,17)13-6-3-7-14-10-4-2-5-11(14)9-12(15)8-10/h10-11,13H,2-9H2,1H3. The first-order valence-corrected chi connectivity index (χ1v) is 8.57. The highest BCUT2D eigenvalue weighted by atomic mass is 32.2. The van der Waals surface area contributed by atoms with Crippen molar-refractivity contribution in [1.82, 2.24) is 9.62 Å². The molecule has 0 amide bonds. The van der Waals surface area contributed by atoms with Gasteiger partial charge in [0, 0.05) is 31.5 Å². The van der Waals surface area contributed by atoms with Crippen LogP contribution in [0.15, 0.2) is 0 Å². The van der Waals surface area contributed by atoms with Gasteiger partial charge in [0.05, 0.1) is 6.26 Å². The van der Waals surface area contributed by atoms with Crippen LogP contribution in [0, 0.1) is 0 Å². The van der Waals surface area contributed by atoms with Gasteiger partial charge in [-0.2, -0.15) is 0 Å². The topological polar surface area (TPSA) is 66.5 Å². The van der Waals surface area contributed by atoms with Crippen LogP contribution in [0.3, 0.4) is 0 Å². The average molecular weight is 274 g/mol. The summed E-state index contributed by atoms with van der Waals surface area (Å²) in [5.74, 6) is 0.398. The summed E-state index contributed by atoms with van der Waals surface area (Å²) >= 11 is 0. The molecule has 0 aliphatic carbocycles. The van der Waals surface area contributed by atoms with Crippen LogP contribution in [0.1, 0.15) is 38.5 Å². The zero-order valence-corrected chi connectivity index (χ0v) is 11.7. The van der Waals surface area contributed by atoms with E-state index >= 15 is 0 Å². The lowest BCUT2D eigenvalue weighted by molar-refractivity contribution is -0.127. The molecule has 2 heterocycles. The van der Waals surface area contributed by atoms with Gasteiger partial charge in [0.25, 0.3) is 0 Å². The first-order valence-electron chi connectivity index (χ1n) is 6.68. The minimum Gasteiger partial charge on any atom is -0.300 e. The number of hydrogen-bond acceptors (Lipinski definition) is 4. The smallest absolute Gasteiger partial charge is 0.208 e. The number of nitrogens with one attached hydrogen (secondary N) is 1. The van der Waals surface area contributed by atoms with Crippen molar-refractivity contribution < 1.29 is 13.2 Å². The van der Waals surface area contributed by atoms with Gasteiger partial charge in [-0.15, -0.1) is 0 Å². The molecule has 5 nitrogen and oxygen atoms in total. The van der Waals surface area contributed by atoms with E-state index in [2.05, 4.69) is 9.62 Å². The monoisotopic (exact) mass is 274 g/mol. The van der Waals surface area contributed by atoms with Crippen LogP contribution in [0.5, 0.6) is 0 Å². The van der Waals surface area contributed by atoms with E-state index in [1.165, 1.54) is 12.7 Å². The van der Waals surface area contributed by atoms with Gasteiger partial charge in [0.2, 0.25) is 10.0 Å². The van der Waals surface area contributed by atoms with E-state index in [1.54, 1.807) is 0 Å². The zero-order chi connectivity index (χ0) is 13.2. The van der Waals surface area contributed by atoms with Crippen molar-refractivity contribution in [2.45, 2.75) is 50.6 Å². The maximum Gasteiger partial charge on any atom is 0.208 e. The molecular formula is C12H22N2O3S. The first-order chi connectivity index (χ1) is 8.46. The Morgan fingerprint density at radius 2 is 1.89 bits per heavy atom. The molecule has 2 aliphatic heterocycles.